The monoisotopic (exact) mass is 323 g/mol. The number of unbranched alkanes of at least 4 members (excludes halogenated alkanes) is 1. The van der Waals surface area contributed by atoms with Gasteiger partial charge in [0.1, 0.15) is 0 Å². The fraction of sp³-hybridized carbons (Fsp3) is 0.529. The lowest BCUT2D eigenvalue weighted by Gasteiger charge is -2.15. The summed E-state index contributed by atoms with van der Waals surface area (Å²) in [5.74, 6) is 0.155. The summed E-state index contributed by atoms with van der Waals surface area (Å²) >= 11 is 0. The number of carboxylic acid groups (broad SMARTS) is 1. The lowest BCUT2D eigenvalue weighted by Crippen LogP contribution is -2.26. The second kappa shape index (κ2) is 10.5. The lowest BCUT2D eigenvalue weighted by molar-refractivity contribution is -0.138. The fourth-order valence-electron chi connectivity index (χ4n) is 2.05. The summed E-state index contributed by atoms with van der Waals surface area (Å²) < 4.78 is 11.2. The van der Waals surface area contributed by atoms with Crippen molar-refractivity contribution in [1.29, 1.82) is 0 Å². The van der Waals surface area contributed by atoms with Gasteiger partial charge in [0.15, 0.2) is 11.5 Å². The number of hydrogen-bond donors (Lipinski definition) is 2. The summed E-state index contributed by atoms with van der Waals surface area (Å²) in [6.07, 6.45) is 2.44. The molecule has 0 fully saturated rings. The number of carbonyl (C=O) groups excluding carboxylic acids is 1. The van der Waals surface area contributed by atoms with Crippen molar-refractivity contribution in [2.45, 2.75) is 39.0 Å². The normalized spacial score (nSPS) is 10.2. The number of amides is 1. The van der Waals surface area contributed by atoms with Gasteiger partial charge < -0.3 is 19.9 Å². The van der Waals surface area contributed by atoms with Gasteiger partial charge in [0, 0.05) is 13.0 Å². The molecule has 6 heteroatoms. The van der Waals surface area contributed by atoms with Crippen LogP contribution < -0.4 is 14.8 Å². The lowest BCUT2D eigenvalue weighted by atomic mass is 10.1. The maximum atomic E-state index is 11.5. The molecule has 0 aliphatic heterocycles. The Balaban J connectivity index is 2.57. The Morgan fingerprint density at radius 1 is 1.26 bits per heavy atom. The number of methoxy groups -OCH3 is 1. The molecule has 0 saturated heterocycles. The highest BCUT2D eigenvalue weighted by molar-refractivity contribution is 5.80. The molecule has 6 nitrogen and oxygen atoms in total. The van der Waals surface area contributed by atoms with Crippen LogP contribution in [0.15, 0.2) is 18.2 Å². The van der Waals surface area contributed by atoms with E-state index in [1.807, 2.05) is 18.2 Å². The van der Waals surface area contributed by atoms with Gasteiger partial charge in [0.25, 0.3) is 0 Å². The summed E-state index contributed by atoms with van der Waals surface area (Å²) in [4.78, 5) is 22.0. The molecule has 0 bridgehead atoms. The number of para-hydroxylation sites is 1. The van der Waals surface area contributed by atoms with E-state index in [4.69, 9.17) is 14.6 Å². The Hall–Kier alpha value is -2.24. The third-order valence-corrected chi connectivity index (χ3v) is 3.31. The van der Waals surface area contributed by atoms with Crippen LogP contribution in [0.5, 0.6) is 11.5 Å². The third kappa shape index (κ3) is 7.04. The number of carboxylic acids is 1. The van der Waals surface area contributed by atoms with Crippen molar-refractivity contribution in [2.24, 2.45) is 0 Å². The number of carbonyl (C=O) groups is 2. The highest BCUT2D eigenvalue weighted by Gasteiger charge is 2.11. The van der Waals surface area contributed by atoms with Crippen molar-refractivity contribution in [3.8, 4) is 11.5 Å². The van der Waals surface area contributed by atoms with Crippen molar-refractivity contribution in [2.75, 3.05) is 20.3 Å². The second-order valence-corrected chi connectivity index (χ2v) is 5.14. The van der Waals surface area contributed by atoms with E-state index in [0.29, 0.717) is 31.1 Å². The SMILES string of the molecule is CCCCOc1c(CCNC(=O)CCC(=O)O)cccc1OC. The molecule has 0 unspecified atom stereocenters. The van der Waals surface area contributed by atoms with E-state index in [0.717, 1.165) is 18.4 Å². The van der Waals surface area contributed by atoms with Gasteiger partial charge in [-0.05, 0) is 24.5 Å². The molecule has 1 aromatic carbocycles. The first-order chi connectivity index (χ1) is 11.1. The van der Waals surface area contributed by atoms with Crippen LogP contribution in [0.3, 0.4) is 0 Å². The van der Waals surface area contributed by atoms with Gasteiger partial charge in [-0.15, -0.1) is 0 Å². The quantitative estimate of drug-likeness (QED) is 0.611. The molecule has 23 heavy (non-hydrogen) atoms. The second-order valence-electron chi connectivity index (χ2n) is 5.14. The van der Waals surface area contributed by atoms with Crippen molar-refractivity contribution < 1.29 is 24.2 Å². The first kappa shape index (κ1) is 18.8. The zero-order chi connectivity index (χ0) is 17.1. The Labute approximate surface area is 136 Å². The zero-order valence-corrected chi connectivity index (χ0v) is 13.8. The maximum absolute atomic E-state index is 11.5. The Morgan fingerprint density at radius 3 is 2.70 bits per heavy atom. The van der Waals surface area contributed by atoms with E-state index in [2.05, 4.69) is 12.2 Å². The molecule has 0 spiro atoms. The van der Waals surface area contributed by atoms with Crippen LogP contribution in [0.25, 0.3) is 0 Å². The summed E-state index contributed by atoms with van der Waals surface area (Å²) in [6.45, 7) is 3.14. The molecular weight excluding hydrogens is 298 g/mol. The van der Waals surface area contributed by atoms with Gasteiger partial charge in [-0.25, -0.2) is 0 Å². The topological polar surface area (TPSA) is 84.9 Å². The molecule has 1 aromatic rings. The minimum absolute atomic E-state index is 0.00665. The average molecular weight is 323 g/mol. The van der Waals surface area contributed by atoms with Gasteiger partial charge in [0.2, 0.25) is 5.91 Å². The molecule has 0 radical (unpaired) electrons. The minimum Gasteiger partial charge on any atom is -0.493 e. The zero-order valence-electron chi connectivity index (χ0n) is 13.8. The van der Waals surface area contributed by atoms with E-state index >= 15 is 0 Å². The van der Waals surface area contributed by atoms with Gasteiger partial charge >= 0.3 is 5.97 Å². The number of hydrogen-bond acceptors (Lipinski definition) is 4. The molecule has 0 saturated carbocycles. The van der Waals surface area contributed by atoms with Crippen LogP contribution in [0.4, 0.5) is 0 Å². The van der Waals surface area contributed by atoms with E-state index in [1.54, 1.807) is 7.11 Å². The van der Waals surface area contributed by atoms with Crippen molar-refractivity contribution in [3.05, 3.63) is 23.8 Å². The Morgan fingerprint density at radius 2 is 2.04 bits per heavy atom. The number of aliphatic carboxylic acids is 1. The molecule has 0 aliphatic rings. The van der Waals surface area contributed by atoms with E-state index < -0.39 is 5.97 Å². The molecule has 0 aliphatic carbocycles. The third-order valence-electron chi connectivity index (χ3n) is 3.31. The molecule has 0 atom stereocenters. The number of ether oxygens (including phenoxy) is 2. The molecule has 2 N–H and O–H groups in total. The van der Waals surface area contributed by atoms with Crippen molar-refractivity contribution in [1.82, 2.24) is 5.32 Å². The predicted molar refractivity (Wildman–Crippen MR) is 87.0 cm³/mol. The average Bonchev–Trinajstić information content (AvgIpc) is 2.54. The van der Waals surface area contributed by atoms with Crippen molar-refractivity contribution in [3.63, 3.8) is 0 Å². The summed E-state index contributed by atoms with van der Waals surface area (Å²) in [5, 5.41) is 11.3. The van der Waals surface area contributed by atoms with Crippen LogP contribution in [0.2, 0.25) is 0 Å². The highest BCUT2D eigenvalue weighted by atomic mass is 16.5. The molecular formula is C17H25NO5. The van der Waals surface area contributed by atoms with Gasteiger partial charge in [-0.1, -0.05) is 25.5 Å². The number of benzene rings is 1. The first-order valence-corrected chi connectivity index (χ1v) is 7.85. The molecule has 0 aromatic heterocycles. The maximum Gasteiger partial charge on any atom is 0.303 e. The van der Waals surface area contributed by atoms with Gasteiger partial charge in [0.05, 0.1) is 20.1 Å². The summed E-state index contributed by atoms with van der Waals surface area (Å²) in [5.41, 5.74) is 0.957. The molecule has 1 amide bonds. The molecule has 0 heterocycles. The largest absolute Gasteiger partial charge is 0.493 e. The number of rotatable bonds is 11. The highest BCUT2D eigenvalue weighted by Crippen LogP contribution is 2.31. The van der Waals surface area contributed by atoms with Crippen LogP contribution in [0.1, 0.15) is 38.2 Å². The van der Waals surface area contributed by atoms with E-state index in [9.17, 15) is 9.59 Å². The van der Waals surface area contributed by atoms with Gasteiger partial charge in [-0.3, -0.25) is 9.59 Å². The van der Waals surface area contributed by atoms with Crippen molar-refractivity contribution >= 4 is 11.9 Å². The Bertz CT molecular complexity index is 516. The Kier molecular flexibility index (Phi) is 8.57. The fourth-order valence-corrected chi connectivity index (χ4v) is 2.05. The smallest absolute Gasteiger partial charge is 0.303 e. The molecule has 128 valence electrons. The predicted octanol–water partition coefficient (Wildman–Crippen LogP) is 2.40. The number of nitrogens with one attached hydrogen (secondary N) is 1. The summed E-state index contributed by atoms with van der Waals surface area (Å²) in [6, 6.07) is 5.66. The van der Waals surface area contributed by atoms with Gasteiger partial charge in [-0.2, -0.15) is 0 Å². The first-order valence-electron chi connectivity index (χ1n) is 7.85. The van der Waals surface area contributed by atoms with E-state index in [1.165, 1.54) is 0 Å². The van der Waals surface area contributed by atoms with Crippen LogP contribution in [0, 0.1) is 0 Å². The van der Waals surface area contributed by atoms with Crippen LogP contribution >= 0.6 is 0 Å². The van der Waals surface area contributed by atoms with E-state index in [-0.39, 0.29) is 18.7 Å². The van der Waals surface area contributed by atoms with Crippen LogP contribution in [-0.4, -0.2) is 37.2 Å². The minimum atomic E-state index is -0.973. The standard InChI is InChI=1S/C17H25NO5/c1-3-4-12-23-17-13(6-5-7-14(17)22-2)10-11-18-15(19)8-9-16(20)21/h5-7H,3-4,8-12H2,1-2H3,(H,18,19)(H,20,21). The summed E-state index contributed by atoms with van der Waals surface area (Å²) in [7, 11) is 1.60. The molecule has 1 rings (SSSR count). The van der Waals surface area contributed by atoms with Crippen LogP contribution in [-0.2, 0) is 16.0 Å².